The molecule has 0 N–H and O–H groups in total. The molecule has 2 aromatic rings. The van der Waals surface area contributed by atoms with Gasteiger partial charge in [-0.15, -0.1) is 11.8 Å². The summed E-state index contributed by atoms with van der Waals surface area (Å²) in [6, 6.07) is 8.75. The van der Waals surface area contributed by atoms with Crippen LogP contribution in [0.25, 0.3) is 0 Å². The molecule has 0 spiro atoms. The number of hydrogen-bond donors (Lipinski definition) is 0. The van der Waals surface area contributed by atoms with Gasteiger partial charge in [0.2, 0.25) is 5.91 Å². The molecule has 23 heavy (non-hydrogen) atoms. The highest BCUT2D eigenvalue weighted by Crippen LogP contribution is 2.38. The van der Waals surface area contributed by atoms with Crippen LogP contribution in [-0.2, 0) is 11.2 Å². The van der Waals surface area contributed by atoms with Crippen molar-refractivity contribution in [2.45, 2.75) is 42.4 Å². The van der Waals surface area contributed by atoms with Crippen molar-refractivity contribution in [3.63, 3.8) is 0 Å². The maximum atomic E-state index is 12.9. The summed E-state index contributed by atoms with van der Waals surface area (Å²) in [6.07, 6.45) is 6.94. The Balaban J connectivity index is 1.46. The third-order valence-electron chi connectivity index (χ3n) is 4.89. The first kappa shape index (κ1) is 14.8. The molecule has 0 saturated carbocycles. The largest absolute Gasteiger partial charge is 0.340 e. The standard InChI is InChI=1S/C18H21N3OS/c1-13-19-8-10-21(13)15-6-4-9-20(12-15)18(22)17-11-14-5-2-3-7-16(14)23-17/h2-3,5,7-8,10,15,17H,4,6,9,11-12H2,1H3. The van der Waals surface area contributed by atoms with Crippen LogP contribution >= 0.6 is 11.8 Å². The fourth-order valence-electron chi connectivity index (χ4n) is 3.68. The second-order valence-electron chi connectivity index (χ2n) is 6.38. The number of fused-ring (bicyclic) bond motifs is 1. The van der Waals surface area contributed by atoms with Crippen molar-refractivity contribution in [1.82, 2.24) is 14.5 Å². The zero-order valence-corrected chi connectivity index (χ0v) is 14.1. The highest BCUT2D eigenvalue weighted by atomic mass is 32.2. The molecular weight excluding hydrogens is 306 g/mol. The van der Waals surface area contributed by atoms with E-state index >= 15 is 0 Å². The van der Waals surface area contributed by atoms with Gasteiger partial charge in [-0.1, -0.05) is 18.2 Å². The van der Waals surface area contributed by atoms with Crippen molar-refractivity contribution in [3.8, 4) is 0 Å². The van der Waals surface area contributed by atoms with E-state index in [1.165, 1.54) is 10.5 Å². The summed E-state index contributed by atoms with van der Waals surface area (Å²) >= 11 is 1.73. The number of nitrogens with zero attached hydrogens (tertiary/aromatic N) is 3. The molecule has 120 valence electrons. The van der Waals surface area contributed by atoms with E-state index in [1.54, 1.807) is 11.8 Å². The molecule has 5 heteroatoms. The number of aromatic nitrogens is 2. The summed E-state index contributed by atoms with van der Waals surface area (Å²) < 4.78 is 2.22. The Morgan fingerprint density at radius 2 is 2.22 bits per heavy atom. The third-order valence-corrected chi connectivity index (χ3v) is 6.19. The molecule has 2 aliphatic heterocycles. The number of amides is 1. The van der Waals surface area contributed by atoms with Crippen molar-refractivity contribution < 1.29 is 4.79 Å². The van der Waals surface area contributed by atoms with E-state index in [0.29, 0.717) is 11.9 Å². The number of likely N-dealkylation sites (tertiary alicyclic amines) is 1. The smallest absolute Gasteiger partial charge is 0.236 e. The predicted octanol–water partition coefficient (Wildman–Crippen LogP) is 3.07. The van der Waals surface area contributed by atoms with Crippen LogP contribution in [0.2, 0.25) is 0 Å². The van der Waals surface area contributed by atoms with Gasteiger partial charge in [0.25, 0.3) is 0 Å². The van der Waals surface area contributed by atoms with Gasteiger partial charge in [-0.3, -0.25) is 4.79 Å². The molecule has 4 rings (SSSR count). The van der Waals surface area contributed by atoms with E-state index in [9.17, 15) is 4.79 Å². The van der Waals surface area contributed by atoms with Gasteiger partial charge >= 0.3 is 0 Å². The number of carbonyl (C=O) groups excluding carboxylic acids is 1. The van der Waals surface area contributed by atoms with E-state index in [1.807, 2.05) is 19.3 Å². The lowest BCUT2D eigenvalue weighted by Crippen LogP contribution is -2.44. The molecule has 4 nitrogen and oxygen atoms in total. The number of carbonyl (C=O) groups is 1. The van der Waals surface area contributed by atoms with Gasteiger partial charge in [0, 0.05) is 30.4 Å². The molecule has 1 saturated heterocycles. The summed E-state index contributed by atoms with van der Waals surface area (Å²) in [4.78, 5) is 20.6. The Labute approximate surface area is 140 Å². The van der Waals surface area contributed by atoms with E-state index in [0.717, 1.165) is 38.2 Å². The second-order valence-corrected chi connectivity index (χ2v) is 7.62. The fourth-order valence-corrected chi connectivity index (χ4v) is 4.96. The molecule has 0 bridgehead atoms. The molecule has 1 aromatic heterocycles. The lowest BCUT2D eigenvalue weighted by Gasteiger charge is -2.35. The van der Waals surface area contributed by atoms with Crippen molar-refractivity contribution in [2.75, 3.05) is 13.1 Å². The number of thioether (sulfide) groups is 1. The highest BCUT2D eigenvalue weighted by Gasteiger charge is 2.34. The fraction of sp³-hybridized carbons (Fsp3) is 0.444. The number of hydrogen-bond acceptors (Lipinski definition) is 3. The van der Waals surface area contributed by atoms with Crippen molar-refractivity contribution in [1.29, 1.82) is 0 Å². The van der Waals surface area contributed by atoms with E-state index < -0.39 is 0 Å². The minimum absolute atomic E-state index is 0.0510. The molecule has 2 atom stereocenters. The zero-order valence-electron chi connectivity index (χ0n) is 13.3. The van der Waals surface area contributed by atoms with Gasteiger partial charge in [0.05, 0.1) is 11.3 Å². The van der Waals surface area contributed by atoms with Crippen molar-refractivity contribution >= 4 is 17.7 Å². The number of piperidine rings is 1. The van der Waals surface area contributed by atoms with E-state index in [-0.39, 0.29) is 5.25 Å². The lowest BCUT2D eigenvalue weighted by atomic mass is 10.0. The van der Waals surface area contributed by atoms with Crippen LogP contribution in [0.4, 0.5) is 0 Å². The van der Waals surface area contributed by atoms with E-state index in [2.05, 4.69) is 38.7 Å². The first-order chi connectivity index (χ1) is 11.2. The molecule has 0 radical (unpaired) electrons. The van der Waals surface area contributed by atoms with Crippen LogP contribution in [0.1, 0.15) is 30.3 Å². The summed E-state index contributed by atoms with van der Waals surface area (Å²) in [5.74, 6) is 1.33. The molecule has 1 amide bonds. The van der Waals surface area contributed by atoms with Crippen LogP contribution in [0.5, 0.6) is 0 Å². The van der Waals surface area contributed by atoms with Gasteiger partial charge in [-0.25, -0.2) is 4.98 Å². The maximum absolute atomic E-state index is 12.9. The van der Waals surface area contributed by atoms with Gasteiger partial charge in [-0.2, -0.15) is 0 Å². The third kappa shape index (κ3) is 2.78. The van der Waals surface area contributed by atoms with Crippen molar-refractivity contribution in [2.24, 2.45) is 0 Å². The number of imidazole rings is 1. The Bertz CT molecular complexity index is 702. The molecular formula is C18H21N3OS. The van der Waals surface area contributed by atoms with Gasteiger partial charge in [0.1, 0.15) is 5.82 Å². The van der Waals surface area contributed by atoms with Gasteiger partial charge in [-0.05, 0) is 37.8 Å². The Hall–Kier alpha value is -1.75. The van der Waals surface area contributed by atoms with Crippen LogP contribution in [0.15, 0.2) is 41.6 Å². The second kappa shape index (κ2) is 6.04. The predicted molar refractivity (Wildman–Crippen MR) is 91.6 cm³/mol. The quantitative estimate of drug-likeness (QED) is 0.851. The normalized spacial score (nSPS) is 23.8. The average Bonchev–Trinajstić information content (AvgIpc) is 3.20. The van der Waals surface area contributed by atoms with Crippen LogP contribution < -0.4 is 0 Å². The average molecular weight is 327 g/mol. The lowest BCUT2D eigenvalue weighted by molar-refractivity contribution is -0.132. The molecule has 2 unspecified atom stereocenters. The first-order valence-corrected chi connectivity index (χ1v) is 9.13. The highest BCUT2D eigenvalue weighted by molar-refractivity contribution is 8.01. The molecule has 0 aliphatic carbocycles. The summed E-state index contributed by atoms with van der Waals surface area (Å²) in [6.45, 7) is 3.73. The number of aryl methyl sites for hydroxylation is 1. The van der Waals surface area contributed by atoms with Crippen LogP contribution in [-0.4, -0.2) is 38.7 Å². The summed E-state index contributed by atoms with van der Waals surface area (Å²) in [5, 5.41) is 0.0510. The topological polar surface area (TPSA) is 38.1 Å². The Morgan fingerprint density at radius 1 is 1.35 bits per heavy atom. The zero-order chi connectivity index (χ0) is 15.8. The van der Waals surface area contributed by atoms with Crippen molar-refractivity contribution in [3.05, 3.63) is 48.0 Å². The minimum Gasteiger partial charge on any atom is -0.340 e. The summed E-state index contributed by atoms with van der Waals surface area (Å²) in [5.41, 5.74) is 1.31. The first-order valence-electron chi connectivity index (χ1n) is 8.25. The monoisotopic (exact) mass is 327 g/mol. The molecule has 2 aliphatic rings. The SMILES string of the molecule is Cc1nccn1C1CCCN(C(=O)C2Cc3ccccc3S2)C1. The molecule has 1 fully saturated rings. The van der Waals surface area contributed by atoms with Gasteiger partial charge < -0.3 is 9.47 Å². The van der Waals surface area contributed by atoms with Crippen LogP contribution in [0.3, 0.4) is 0 Å². The summed E-state index contributed by atoms with van der Waals surface area (Å²) in [7, 11) is 0. The van der Waals surface area contributed by atoms with Gasteiger partial charge in [0.15, 0.2) is 0 Å². The Morgan fingerprint density at radius 3 is 3.00 bits per heavy atom. The number of rotatable bonds is 2. The minimum atomic E-state index is 0.0510. The molecule has 1 aromatic carbocycles. The molecule has 3 heterocycles. The maximum Gasteiger partial charge on any atom is 0.236 e. The van der Waals surface area contributed by atoms with E-state index in [4.69, 9.17) is 0 Å². The number of benzene rings is 1. The Kier molecular flexibility index (Phi) is 3.89. The van der Waals surface area contributed by atoms with Crippen LogP contribution in [0, 0.1) is 6.92 Å².